The van der Waals surface area contributed by atoms with Crippen molar-refractivity contribution in [3.8, 4) is 0 Å². The summed E-state index contributed by atoms with van der Waals surface area (Å²) in [4.78, 5) is 39.6. The molecule has 29 heavy (non-hydrogen) atoms. The average molecular weight is 393 g/mol. The third-order valence-corrected chi connectivity index (χ3v) is 5.06. The molecular weight excluding hydrogens is 374 g/mol. The van der Waals surface area contributed by atoms with E-state index < -0.39 is 12.0 Å². The molecule has 1 aromatic heterocycles. The van der Waals surface area contributed by atoms with Crippen molar-refractivity contribution in [3.63, 3.8) is 0 Å². The van der Waals surface area contributed by atoms with Gasteiger partial charge in [0.15, 0.2) is 5.43 Å². The maximum atomic E-state index is 13.2. The van der Waals surface area contributed by atoms with E-state index in [0.717, 1.165) is 0 Å². The molecular formula is C22H19NO6. The van der Waals surface area contributed by atoms with E-state index in [1.54, 1.807) is 60.5 Å². The first-order valence-electron chi connectivity index (χ1n) is 9.10. The molecule has 1 amide bonds. The van der Waals surface area contributed by atoms with Crippen molar-refractivity contribution in [1.29, 1.82) is 0 Å². The molecule has 1 aliphatic rings. The summed E-state index contributed by atoms with van der Waals surface area (Å²) in [5.74, 6) is -0.769. The maximum absolute atomic E-state index is 13.2. The molecule has 0 aliphatic carbocycles. The lowest BCUT2D eigenvalue weighted by atomic mass is 9.97. The topological polar surface area (TPSA) is 86.0 Å². The molecule has 7 nitrogen and oxygen atoms in total. The number of fused-ring (bicyclic) bond motifs is 2. The molecule has 0 spiro atoms. The number of carbonyl (C=O) groups is 2. The summed E-state index contributed by atoms with van der Waals surface area (Å²) in [6.45, 7) is 0.600. The Bertz CT molecular complexity index is 1150. The van der Waals surface area contributed by atoms with E-state index in [2.05, 4.69) is 0 Å². The van der Waals surface area contributed by atoms with Crippen molar-refractivity contribution < 1.29 is 23.5 Å². The highest BCUT2D eigenvalue weighted by atomic mass is 16.5. The molecule has 148 valence electrons. The van der Waals surface area contributed by atoms with Crippen LogP contribution in [0.4, 0.5) is 0 Å². The highest BCUT2D eigenvalue weighted by Crippen LogP contribution is 2.37. The lowest BCUT2D eigenvalue weighted by Crippen LogP contribution is -2.32. The molecule has 4 rings (SSSR count). The van der Waals surface area contributed by atoms with Crippen LogP contribution in [0, 0.1) is 0 Å². The smallest absolute Gasteiger partial charge is 0.337 e. The van der Waals surface area contributed by atoms with Crippen LogP contribution in [0.1, 0.15) is 38.1 Å². The predicted molar refractivity (Wildman–Crippen MR) is 105 cm³/mol. The minimum atomic E-state index is -0.625. The van der Waals surface area contributed by atoms with Crippen LogP contribution in [0.5, 0.6) is 0 Å². The summed E-state index contributed by atoms with van der Waals surface area (Å²) < 4.78 is 15.7. The Balaban J connectivity index is 1.89. The van der Waals surface area contributed by atoms with Gasteiger partial charge in [0.1, 0.15) is 5.58 Å². The maximum Gasteiger partial charge on any atom is 0.337 e. The molecule has 0 unspecified atom stereocenters. The molecule has 0 bridgehead atoms. The summed E-state index contributed by atoms with van der Waals surface area (Å²) >= 11 is 0. The first-order chi connectivity index (χ1) is 14.1. The van der Waals surface area contributed by atoms with E-state index in [9.17, 15) is 14.4 Å². The van der Waals surface area contributed by atoms with Gasteiger partial charge >= 0.3 is 5.97 Å². The van der Waals surface area contributed by atoms with Gasteiger partial charge in [0.05, 0.1) is 36.3 Å². The third-order valence-electron chi connectivity index (χ3n) is 5.06. The first-order valence-corrected chi connectivity index (χ1v) is 9.10. The third kappa shape index (κ3) is 3.09. The molecule has 0 fully saturated rings. The molecule has 0 saturated heterocycles. The van der Waals surface area contributed by atoms with E-state index in [-0.39, 0.29) is 17.1 Å². The normalized spacial score (nSPS) is 15.6. The van der Waals surface area contributed by atoms with E-state index in [1.165, 1.54) is 7.11 Å². The monoisotopic (exact) mass is 393 g/mol. The Morgan fingerprint density at radius 2 is 1.79 bits per heavy atom. The number of amides is 1. The van der Waals surface area contributed by atoms with Gasteiger partial charge in [0.25, 0.3) is 5.91 Å². The van der Waals surface area contributed by atoms with Gasteiger partial charge in [-0.25, -0.2) is 4.79 Å². The second kappa shape index (κ2) is 7.52. The second-order valence-corrected chi connectivity index (χ2v) is 6.68. The number of para-hydroxylation sites is 1. The van der Waals surface area contributed by atoms with Gasteiger partial charge in [-0.15, -0.1) is 0 Å². The number of hydrogen-bond donors (Lipinski definition) is 0. The Hall–Kier alpha value is -3.45. The summed E-state index contributed by atoms with van der Waals surface area (Å²) in [5.41, 5.74) is 1.52. The molecule has 2 aromatic carbocycles. The molecule has 3 aromatic rings. The highest BCUT2D eigenvalue weighted by Gasteiger charge is 2.42. The fourth-order valence-electron chi connectivity index (χ4n) is 3.65. The summed E-state index contributed by atoms with van der Waals surface area (Å²) in [6, 6.07) is 12.9. The van der Waals surface area contributed by atoms with Crippen molar-refractivity contribution in [2.75, 3.05) is 27.4 Å². The first kappa shape index (κ1) is 18.9. The van der Waals surface area contributed by atoms with E-state index in [1.807, 2.05) is 0 Å². The van der Waals surface area contributed by atoms with Crippen LogP contribution in [0.3, 0.4) is 0 Å². The van der Waals surface area contributed by atoms with Crippen molar-refractivity contribution in [1.82, 2.24) is 4.90 Å². The van der Waals surface area contributed by atoms with Crippen LogP contribution in [0.2, 0.25) is 0 Å². The lowest BCUT2D eigenvalue weighted by Gasteiger charge is -2.24. The van der Waals surface area contributed by atoms with Crippen LogP contribution in [-0.2, 0) is 9.47 Å². The van der Waals surface area contributed by atoms with Gasteiger partial charge < -0.3 is 18.8 Å². The Morgan fingerprint density at radius 3 is 2.48 bits per heavy atom. The number of methoxy groups -OCH3 is 2. The fourth-order valence-corrected chi connectivity index (χ4v) is 3.65. The van der Waals surface area contributed by atoms with Crippen LogP contribution in [0.25, 0.3) is 11.0 Å². The van der Waals surface area contributed by atoms with Gasteiger partial charge in [-0.2, -0.15) is 0 Å². The van der Waals surface area contributed by atoms with E-state index >= 15 is 0 Å². The van der Waals surface area contributed by atoms with Crippen molar-refractivity contribution in [3.05, 3.63) is 81.2 Å². The van der Waals surface area contributed by atoms with Gasteiger partial charge in [-0.05, 0) is 29.8 Å². The standard InChI is InChI=1S/C22H19NO6/c1-27-12-11-23-18(13-7-9-14(10-8-13)22(26)28-2)17-19(24)15-5-3-4-6-16(15)29-20(17)21(23)25/h3-10,18H,11-12H2,1-2H3/t18-/m1/s1. The SMILES string of the molecule is COCCN1C(=O)c2oc3ccccc3c(=O)c2[C@H]1c1ccc(C(=O)OC)cc1. The molecule has 1 aliphatic heterocycles. The Labute approximate surface area is 166 Å². The number of nitrogens with zero attached hydrogens (tertiary/aromatic N) is 1. The van der Waals surface area contributed by atoms with Crippen molar-refractivity contribution in [2.24, 2.45) is 0 Å². The van der Waals surface area contributed by atoms with Gasteiger partial charge in [-0.1, -0.05) is 24.3 Å². The highest BCUT2D eigenvalue weighted by molar-refractivity contribution is 5.99. The number of ether oxygens (including phenoxy) is 2. The fraction of sp³-hybridized carbons (Fsp3) is 0.227. The largest absolute Gasteiger partial charge is 0.465 e. The summed E-state index contributed by atoms with van der Waals surface area (Å²) in [6.07, 6.45) is 0. The zero-order chi connectivity index (χ0) is 20.5. The van der Waals surface area contributed by atoms with Crippen LogP contribution in [0.15, 0.2) is 57.7 Å². The van der Waals surface area contributed by atoms with Crippen LogP contribution < -0.4 is 5.43 Å². The quantitative estimate of drug-likeness (QED) is 0.620. The summed E-state index contributed by atoms with van der Waals surface area (Å²) in [7, 11) is 2.86. The molecule has 2 heterocycles. The zero-order valence-electron chi connectivity index (χ0n) is 16.0. The number of rotatable bonds is 5. The summed E-state index contributed by atoms with van der Waals surface area (Å²) in [5, 5.41) is 0.420. The Kier molecular flexibility index (Phi) is 4.90. The minimum Gasteiger partial charge on any atom is -0.465 e. The second-order valence-electron chi connectivity index (χ2n) is 6.68. The van der Waals surface area contributed by atoms with E-state index in [4.69, 9.17) is 13.9 Å². The van der Waals surface area contributed by atoms with Gasteiger partial charge in [0.2, 0.25) is 5.76 Å². The van der Waals surface area contributed by atoms with E-state index in [0.29, 0.717) is 40.8 Å². The predicted octanol–water partition coefficient (Wildman–Crippen LogP) is 2.77. The van der Waals surface area contributed by atoms with Gasteiger partial charge in [0, 0.05) is 13.7 Å². The van der Waals surface area contributed by atoms with Crippen molar-refractivity contribution >= 4 is 22.8 Å². The average Bonchev–Trinajstić information content (AvgIpc) is 3.04. The van der Waals surface area contributed by atoms with Gasteiger partial charge in [-0.3, -0.25) is 9.59 Å². The zero-order valence-corrected chi connectivity index (χ0v) is 16.0. The molecule has 0 saturated carbocycles. The molecule has 0 N–H and O–H groups in total. The number of hydrogen-bond acceptors (Lipinski definition) is 6. The number of carbonyl (C=O) groups excluding carboxylic acids is 2. The molecule has 0 radical (unpaired) electrons. The van der Waals surface area contributed by atoms with Crippen LogP contribution >= 0.6 is 0 Å². The minimum absolute atomic E-state index is 0.0480. The lowest BCUT2D eigenvalue weighted by molar-refractivity contribution is 0.0599. The number of benzene rings is 2. The molecule has 1 atom stereocenters. The Morgan fingerprint density at radius 1 is 1.07 bits per heavy atom. The van der Waals surface area contributed by atoms with Crippen LogP contribution in [-0.4, -0.2) is 44.1 Å². The molecule has 7 heteroatoms. The van der Waals surface area contributed by atoms with Crippen molar-refractivity contribution in [2.45, 2.75) is 6.04 Å². The number of esters is 1.